The van der Waals surface area contributed by atoms with Gasteiger partial charge in [0, 0.05) is 5.92 Å². The number of aliphatic hydroxyl groups is 1. The first-order valence-electron chi connectivity index (χ1n) is 8.02. The average molecular weight is 271 g/mol. The average Bonchev–Trinajstić information content (AvgIpc) is 2.38. The molecule has 3 N–H and O–H groups in total. The highest BCUT2D eigenvalue weighted by atomic mass is 16.5. The van der Waals surface area contributed by atoms with E-state index in [4.69, 9.17) is 10.5 Å². The summed E-state index contributed by atoms with van der Waals surface area (Å²) < 4.78 is 6.00. The lowest BCUT2D eigenvalue weighted by Crippen LogP contribution is -2.62. The highest BCUT2D eigenvalue weighted by Crippen LogP contribution is 2.34. The minimum Gasteiger partial charge on any atom is -0.391 e. The predicted octanol–water partition coefficient (Wildman–Crippen LogP) is 3.10. The zero-order valence-electron chi connectivity index (χ0n) is 13.2. The fourth-order valence-electron chi connectivity index (χ4n) is 3.29. The van der Waals surface area contributed by atoms with Crippen molar-refractivity contribution in [2.45, 2.75) is 84.0 Å². The maximum absolute atomic E-state index is 10.3. The van der Waals surface area contributed by atoms with Crippen molar-refractivity contribution in [1.82, 2.24) is 0 Å². The highest BCUT2D eigenvalue weighted by Gasteiger charge is 2.44. The second kappa shape index (κ2) is 7.61. The lowest BCUT2D eigenvalue weighted by molar-refractivity contribution is -0.148. The molecule has 1 fully saturated rings. The number of aliphatic hydroxyl groups excluding tert-OH is 1. The summed E-state index contributed by atoms with van der Waals surface area (Å²) in [5, 5.41) is 10.3. The van der Waals surface area contributed by atoms with Crippen molar-refractivity contribution in [2.75, 3.05) is 6.61 Å². The van der Waals surface area contributed by atoms with Gasteiger partial charge in [0.05, 0.1) is 24.4 Å². The normalized spacial score (nSPS) is 37.3. The Morgan fingerprint density at radius 1 is 1.32 bits per heavy atom. The quantitative estimate of drug-likeness (QED) is 0.700. The van der Waals surface area contributed by atoms with Crippen LogP contribution >= 0.6 is 0 Å². The zero-order chi connectivity index (χ0) is 14.5. The summed E-state index contributed by atoms with van der Waals surface area (Å²) in [7, 11) is 0. The molecule has 5 atom stereocenters. The molecule has 0 amide bonds. The highest BCUT2D eigenvalue weighted by molar-refractivity contribution is 4.97. The van der Waals surface area contributed by atoms with E-state index in [1.807, 2.05) is 6.92 Å². The van der Waals surface area contributed by atoms with Crippen LogP contribution in [0.4, 0.5) is 0 Å². The van der Waals surface area contributed by atoms with Gasteiger partial charge in [-0.1, -0.05) is 52.9 Å². The van der Waals surface area contributed by atoms with Crippen LogP contribution in [-0.4, -0.2) is 29.5 Å². The molecule has 1 rings (SSSR count). The van der Waals surface area contributed by atoms with E-state index in [1.165, 1.54) is 32.1 Å². The second-order valence-electron chi connectivity index (χ2n) is 6.60. The zero-order valence-corrected chi connectivity index (χ0v) is 13.2. The summed E-state index contributed by atoms with van der Waals surface area (Å²) >= 11 is 0. The minimum absolute atomic E-state index is 0.125. The SMILES string of the molecule is CCCCCCC(CC)C1OCC(C)(N)C(O)C1C. The Morgan fingerprint density at radius 2 is 2.00 bits per heavy atom. The first-order chi connectivity index (χ1) is 8.94. The molecule has 3 nitrogen and oxygen atoms in total. The van der Waals surface area contributed by atoms with Crippen LogP contribution in [0.25, 0.3) is 0 Å². The Bertz CT molecular complexity index is 255. The molecule has 1 aliphatic heterocycles. The molecule has 5 unspecified atom stereocenters. The third-order valence-corrected chi connectivity index (χ3v) is 4.70. The molecule has 19 heavy (non-hydrogen) atoms. The van der Waals surface area contributed by atoms with E-state index in [2.05, 4.69) is 20.8 Å². The van der Waals surface area contributed by atoms with Gasteiger partial charge in [-0.05, 0) is 19.3 Å². The van der Waals surface area contributed by atoms with Crippen molar-refractivity contribution in [1.29, 1.82) is 0 Å². The molecule has 0 saturated carbocycles. The smallest absolute Gasteiger partial charge is 0.0789 e. The summed E-state index contributed by atoms with van der Waals surface area (Å²) in [6.45, 7) is 8.89. The van der Waals surface area contributed by atoms with E-state index in [0.717, 1.165) is 6.42 Å². The van der Waals surface area contributed by atoms with Gasteiger partial charge in [0.2, 0.25) is 0 Å². The van der Waals surface area contributed by atoms with Gasteiger partial charge in [0.15, 0.2) is 0 Å². The lowest BCUT2D eigenvalue weighted by atomic mass is 9.76. The predicted molar refractivity (Wildman–Crippen MR) is 80.0 cm³/mol. The third kappa shape index (κ3) is 4.44. The molecule has 0 aliphatic carbocycles. The second-order valence-corrected chi connectivity index (χ2v) is 6.60. The molecule has 1 saturated heterocycles. The molecule has 0 aromatic rings. The number of unbranched alkanes of at least 4 members (excludes halogenated alkanes) is 3. The van der Waals surface area contributed by atoms with E-state index in [1.54, 1.807) is 0 Å². The monoisotopic (exact) mass is 271 g/mol. The fraction of sp³-hybridized carbons (Fsp3) is 1.00. The minimum atomic E-state index is -0.601. The van der Waals surface area contributed by atoms with Crippen LogP contribution < -0.4 is 5.73 Å². The topological polar surface area (TPSA) is 55.5 Å². The Morgan fingerprint density at radius 3 is 2.58 bits per heavy atom. The van der Waals surface area contributed by atoms with Gasteiger partial charge >= 0.3 is 0 Å². The van der Waals surface area contributed by atoms with Gasteiger partial charge in [-0.3, -0.25) is 0 Å². The van der Waals surface area contributed by atoms with Crippen molar-refractivity contribution >= 4 is 0 Å². The van der Waals surface area contributed by atoms with Gasteiger partial charge in [-0.25, -0.2) is 0 Å². The van der Waals surface area contributed by atoms with Crippen molar-refractivity contribution in [3.05, 3.63) is 0 Å². The molecule has 3 heteroatoms. The van der Waals surface area contributed by atoms with Crippen LogP contribution in [0.3, 0.4) is 0 Å². The van der Waals surface area contributed by atoms with Crippen molar-refractivity contribution < 1.29 is 9.84 Å². The largest absolute Gasteiger partial charge is 0.391 e. The summed E-state index contributed by atoms with van der Waals surface area (Å²) in [5.74, 6) is 0.678. The number of hydrogen-bond acceptors (Lipinski definition) is 3. The molecule has 0 aromatic heterocycles. The van der Waals surface area contributed by atoms with Crippen molar-refractivity contribution in [3.8, 4) is 0 Å². The van der Waals surface area contributed by atoms with Crippen LogP contribution in [0.1, 0.15) is 66.2 Å². The Kier molecular flexibility index (Phi) is 6.78. The summed E-state index contributed by atoms with van der Waals surface area (Å²) in [4.78, 5) is 0. The molecular weight excluding hydrogens is 238 g/mol. The van der Waals surface area contributed by atoms with Crippen LogP contribution in [0.5, 0.6) is 0 Å². The molecule has 0 spiro atoms. The van der Waals surface area contributed by atoms with E-state index in [0.29, 0.717) is 12.5 Å². The van der Waals surface area contributed by atoms with Gasteiger partial charge in [0.25, 0.3) is 0 Å². The van der Waals surface area contributed by atoms with Crippen LogP contribution in [0.2, 0.25) is 0 Å². The number of ether oxygens (including phenoxy) is 1. The van der Waals surface area contributed by atoms with Crippen LogP contribution in [-0.2, 0) is 4.74 Å². The number of hydrogen-bond donors (Lipinski definition) is 2. The molecule has 0 bridgehead atoms. The lowest BCUT2D eigenvalue weighted by Gasteiger charge is -2.46. The fourth-order valence-corrected chi connectivity index (χ4v) is 3.29. The summed E-state index contributed by atoms with van der Waals surface area (Å²) in [5.41, 5.74) is 5.48. The Hall–Kier alpha value is -0.120. The Labute approximate surface area is 118 Å². The standard InChI is InChI=1S/C16H33NO2/c1-5-7-8-9-10-13(6-2)14-12(3)15(18)16(4,17)11-19-14/h12-15,18H,5-11,17H2,1-4H3. The maximum Gasteiger partial charge on any atom is 0.0789 e. The Balaban J connectivity index is 2.52. The van der Waals surface area contributed by atoms with Crippen LogP contribution in [0.15, 0.2) is 0 Å². The molecule has 0 aromatic carbocycles. The van der Waals surface area contributed by atoms with Gasteiger partial charge < -0.3 is 15.6 Å². The summed E-state index contributed by atoms with van der Waals surface area (Å²) in [6.07, 6.45) is 7.21. The van der Waals surface area contributed by atoms with Gasteiger partial charge in [0.1, 0.15) is 0 Å². The maximum atomic E-state index is 10.3. The van der Waals surface area contributed by atoms with Crippen molar-refractivity contribution in [3.63, 3.8) is 0 Å². The molecule has 1 aliphatic rings. The van der Waals surface area contributed by atoms with E-state index in [-0.39, 0.29) is 12.0 Å². The number of nitrogens with two attached hydrogens (primary N) is 1. The number of rotatable bonds is 7. The van der Waals surface area contributed by atoms with Gasteiger partial charge in [-0.2, -0.15) is 0 Å². The summed E-state index contributed by atoms with van der Waals surface area (Å²) in [6, 6.07) is 0. The third-order valence-electron chi connectivity index (χ3n) is 4.70. The van der Waals surface area contributed by atoms with Crippen LogP contribution in [0, 0.1) is 11.8 Å². The first-order valence-corrected chi connectivity index (χ1v) is 8.02. The first kappa shape index (κ1) is 16.9. The van der Waals surface area contributed by atoms with E-state index < -0.39 is 11.6 Å². The van der Waals surface area contributed by atoms with Crippen molar-refractivity contribution in [2.24, 2.45) is 17.6 Å². The van der Waals surface area contributed by atoms with Gasteiger partial charge in [-0.15, -0.1) is 0 Å². The van der Waals surface area contributed by atoms with E-state index >= 15 is 0 Å². The van der Waals surface area contributed by atoms with E-state index in [9.17, 15) is 5.11 Å². The molecule has 0 radical (unpaired) electrons. The molecular formula is C16H33NO2. The molecule has 1 heterocycles. The molecule has 114 valence electrons.